The fourth-order valence-corrected chi connectivity index (χ4v) is 4.95. The van der Waals surface area contributed by atoms with Gasteiger partial charge in [-0.15, -0.1) is 0 Å². The highest BCUT2D eigenvalue weighted by atomic mass is 15.7. The zero-order valence-corrected chi connectivity index (χ0v) is 19.1. The van der Waals surface area contributed by atoms with E-state index in [2.05, 4.69) is 102 Å². The molecule has 9 heteroatoms. The van der Waals surface area contributed by atoms with Crippen molar-refractivity contribution in [2.45, 2.75) is 19.3 Å². The number of pyridine rings is 1. The highest BCUT2D eigenvalue weighted by molar-refractivity contribution is 5.56. The molecular weight excluding hydrogens is 426 g/mol. The zero-order chi connectivity index (χ0) is 22.9. The SMILES string of the molecule is C[C@@H]1CN(c2ccccc2)C(n2nnnc2N2CCN(c3ccccc3)C2)N1c1ccccn1. The molecule has 0 saturated carbocycles. The molecule has 4 heterocycles. The molecule has 9 nitrogen and oxygen atoms in total. The van der Waals surface area contributed by atoms with Crippen LogP contribution in [0.15, 0.2) is 85.1 Å². The van der Waals surface area contributed by atoms with Crippen molar-refractivity contribution in [1.82, 2.24) is 25.2 Å². The lowest BCUT2D eigenvalue weighted by Gasteiger charge is -2.34. The maximum absolute atomic E-state index is 4.67. The molecule has 4 aromatic rings. The number of tetrazole rings is 1. The largest absolute Gasteiger partial charge is 0.352 e. The molecule has 0 radical (unpaired) electrons. The molecule has 172 valence electrons. The third-order valence-electron chi connectivity index (χ3n) is 6.54. The van der Waals surface area contributed by atoms with Crippen molar-refractivity contribution in [3.05, 3.63) is 85.1 Å². The van der Waals surface area contributed by atoms with Gasteiger partial charge in [0, 0.05) is 43.2 Å². The van der Waals surface area contributed by atoms with E-state index in [0.29, 0.717) is 0 Å². The summed E-state index contributed by atoms with van der Waals surface area (Å²) in [7, 11) is 0. The minimum atomic E-state index is -0.233. The molecule has 0 aliphatic carbocycles. The molecule has 1 unspecified atom stereocenters. The standard InChI is InChI=1S/C25H27N9/c1-20-18-32(22-12-6-3-7-13-22)25(33(20)23-14-8-9-15-26-23)34-24(27-28-29-34)31-17-16-30(19-31)21-10-4-2-5-11-21/h2-15,20,25H,16-19H2,1H3/t20-,25?/m1/s1. The predicted octanol–water partition coefficient (Wildman–Crippen LogP) is 3.22. The number of benzene rings is 2. The van der Waals surface area contributed by atoms with Crippen LogP contribution in [0, 0.1) is 0 Å². The molecule has 2 aliphatic rings. The zero-order valence-electron chi connectivity index (χ0n) is 19.1. The summed E-state index contributed by atoms with van der Waals surface area (Å²) in [5, 5.41) is 13.1. The van der Waals surface area contributed by atoms with Gasteiger partial charge >= 0.3 is 0 Å². The highest BCUT2D eigenvalue weighted by Crippen LogP contribution is 2.38. The smallest absolute Gasteiger partial charge is 0.250 e. The van der Waals surface area contributed by atoms with Crippen LogP contribution < -0.4 is 19.6 Å². The number of hydrogen-bond donors (Lipinski definition) is 0. The van der Waals surface area contributed by atoms with Crippen molar-refractivity contribution in [2.75, 3.05) is 45.9 Å². The summed E-state index contributed by atoms with van der Waals surface area (Å²) in [6.07, 6.45) is 1.60. The van der Waals surface area contributed by atoms with E-state index in [1.54, 1.807) is 0 Å². The fraction of sp³-hybridized carbons (Fsp3) is 0.280. The fourth-order valence-electron chi connectivity index (χ4n) is 4.95. The van der Waals surface area contributed by atoms with E-state index in [1.165, 1.54) is 5.69 Å². The number of rotatable bonds is 5. The van der Waals surface area contributed by atoms with E-state index < -0.39 is 0 Å². The first-order chi connectivity index (χ1) is 16.8. The Morgan fingerprint density at radius 3 is 2.24 bits per heavy atom. The van der Waals surface area contributed by atoms with E-state index >= 15 is 0 Å². The van der Waals surface area contributed by atoms with Crippen LogP contribution in [0.2, 0.25) is 0 Å². The molecule has 0 N–H and O–H groups in total. The third kappa shape index (κ3) is 3.59. The predicted molar refractivity (Wildman–Crippen MR) is 133 cm³/mol. The summed E-state index contributed by atoms with van der Waals surface area (Å²) in [5.41, 5.74) is 2.34. The second kappa shape index (κ2) is 8.66. The maximum atomic E-state index is 4.67. The molecule has 0 amide bonds. The molecule has 2 aromatic heterocycles. The number of hydrogen-bond acceptors (Lipinski definition) is 8. The van der Waals surface area contributed by atoms with Crippen LogP contribution in [0.4, 0.5) is 23.1 Å². The van der Waals surface area contributed by atoms with Gasteiger partial charge in [-0.3, -0.25) is 0 Å². The first kappa shape index (κ1) is 20.5. The van der Waals surface area contributed by atoms with Crippen LogP contribution in [0.1, 0.15) is 13.2 Å². The number of anilines is 4. The van der Waals surface area contributed by atoms with Gasteiger partial charge in [-0.1, -0.05) is 47.6 Å². The summed E-state index contributed by atoms with van der Waals surface area (Å²) >= 11 is 0. The van der Waals surface area contributed by atoms with Crippen LogP contribution in [0.25, 0.3) is 0 Å². The molecule has 2 atom stereocenters. The van der Waals surface area contributed by atoms with E-state index in [1.807, 2.05) is 35.1 Å². The van der Waals surface area contributed by atoms with Crippen LogP contribution in [0.5, 0.6) is 0 Å². The van der Waals surface area contributed by atoms with Crippen LogP contribution in [-0.2, 0) is 0 Å². The van der Waals surface area contributed by atoms with E-state index in [4.69, 9.17) is 0 Å². The van der Waals surface area contributed by atoms with Crippen LogP contribution in [-0.4, -0.2) is 57.5 Å². The van der Waals surface area contributed by atoms with Crippen LogP contribution in [0.3, 0.4) is 0 Å². The van der Waals surface area contributed by atoms with E-state index in [9.17, 15) is 0 Å². The van der Waals surface area contributed by atoms with Gasteiger partial charge < -0.3 is 19.6 Å². The van der Waals surface area contributed by atoms with Crippen LogP contribution >= 0.6 is 0 Å². The number of para-hydroxylation sites is 2. The van der Waals surface area contributed by atoms with Gasteiger partial charge in [0.2, 0.25) is 6.29 Å². The summed E-state index contributed by atoms with van der Waals surface area (Å²) < 4.78 is 1.94. The summed E-state index contributed by atoms with van der Waals surface area (Å²) in [5.74, 6) is 1.67. The second-order valence-electron chi connectivity index (χ2n) is 8.71. The van der Waals surface area contributed by atoms with Gasteiger partial charge in [0.15, 0.2) is 0 Å². The molecule has 0 bridgehead atoms. The van der Waals surface area contributed by atoms with Crippen molar-refractivity contribution in [2.24, 2.45) is 0 Å². The molecule has 2 aromatic carbocycles. The molecule has 6 rings (SSSR count). The quantitative estimate of drug-likeness (QED) is 0.456. The van der Waals surface area contributed by atoms with Gasteiger partial charge in [0.25, 0.3) is 5.95 Å². The van der Waals surface area contributed by atoms with Gasteiger partial charge in [-0.05, 0) is 53.7 Å². The lowest BCUT2D eigenvalue weighted by Crippen LogP contribution is -2.40. The monoisotopic (exact) mass is 453 g/mol. The average molecular weight is 454 g/mol. The summed E-state index contributed by atoms with van der Waals surface area (Å²) in [6, 6.07) is 27.2. The lowest BCUT2D eigenvalue weighted by molar-refractivity contribution is 0.447. The van der Waals surface area contributed by atoms with Crippen molar-refractivity contribution in [3.63, 3.8) is 0 Å². The summed E-state index contributed by atoms with van der Waals surface area (Å²) in [6.45, 7) is 5.57. The van der Waals surface area contributed by atoms with Crippen molar-refractivity contribution in [3.8, 4) is 0 Å². The Balaban J connectivity index is 1.38. The normalized spacial score (nSPS) is 20.4. The molecule has 0 spiro atoms. The maximum Gasteiger partial charge on any atom is 0.250 e. The van der Waals surface area contributed by atoms with Crippen molar-refractivity contribution < 1.29 is 0 Å². The van der Waals surface area contributed by atoms with Crippen molar-refractivity contribution in [1.29, 1.82) is 0 Å². The van der Waals surface area contributed by atoms with Gasteiger partial charge in [0.1, 0.15) is 5.82 Å². The van der Waals surface area contributed by atoms with E-state index in [0.717, 1.165) is 43.8 Å². The van der Waals surface area contributed by atoms with Gasteiger partial charge in [0.05, 0.1) is 6.67 Å². The molecule has 2 aliphatic heterocycles. The van der Waals surface area contributed by atoms with Gasteiger partial charge in [-0.25, -0.2) is 4.98 Å². The Morgan fingerprint density at radius 2 is 1.50 bits per heavy atom. The van der Waals surface area contributed by atoms with E-state index in [-0.39, 0.29) is 12.3 Å². The Kier molecular flexibility index (Phi) is 5.21. The lowest BCUT2D eigenvalue weighted by atomic mass is 10.3. The Morgan fingerprint density at radius 1 is 0.794 bits per heavy atom. The molecule has 34 heavy (non-hydrogen) atoms. The summed E-state index contributed by atoms with van der Waals surface area (Å²) in [4.78, 5) is 13.9. The molecular formula is C25H27N9. The second-order valence-corrected chi connectivity index (χ2v) is 8.71. The number of aromatic nitrogens is 5. The minimum Gasteiger partial charge on any atom is -0.352 e. The molecule has 2 saturated heterocycles. The topological polar surface area (TPSA) is 69.5 Å². The third-order valence-corrected chi connectivity index (χ3v) is 6.54. The molecule has 2 fully saturated rings. The van der Waals surface area contributed by atoms with Crippen molar-refractivity contribution >= 4 is 23.1 Å². The Labute approximate surface area is 198 Å². The van der Waals surface area contributed by atoms with Gasteiger partial charge in [-0.2, -0.15) is 4.68 Å². The Bertz CT molecular complexity index is 1210. The Hall–Kier alpha value is -4.14. The minimum absolute atomic E-state index is 0.219. The first-order valence-electron chi connectivity index (χ1n) is 11.6. The number of nitrogens with zero attached hydrogens (tertiary/aromatic N) is 9. The average Bonchev–Trinajstić information content (AvgIpc) is 3.64. The first-order valence-corrected chi connectivity index (χ1v) is 11.6. The highest BCUT2D eigenvalue weighted by Gasteiger charge is 2.42.